The Hall–Kier alpha value is -0.650. The van der Waals surface area contributed by atoms with E-state index in [9.17, 15) is 9.90 Å². The molecule has 5 nitrogen and oxygen atoms in total. The number of carbonyl (C=O) groups excluding carboxylic acids is 1. The molecule has 0 saturated carbocycles. The standard InChI is InChI=1S/C11H23N3O2/c1-8(13-6-10(15)11(12)16)9-4-3-5-14(2)7-9/h8-10,13,15H,3-7H2,1-2H3,(H2,12,16). The highest BCUT2D eigenvalue weighted by Crippen LogP contribution is 2.18. The zero-order valence-corrected chi connectivity index (χ0v) is 10.1. The summed E-state index contributed by atoms with van der Waals surface area (Å²) in [5.41, 5.74) is 4.99. The van der Waals surface area contributed by atoms with Gasteiger partial charge in [0, 0.05) is 19.1 Å². The molecule has 0 spiro atoms. The molecular formula is C11H23N3O2. The lowest BCUT2D eigenvalue weighted by Gasteiger charge is -2.34. The van der Waals surface area contributed by atoms with E-state index in [-0.39, 0.29) is 6.54 Å². The van der Waals surface area contributed by atoms with Crippen molar-refractivity contribution in [1.82, 2.24) is 10.2 Å². The number of nitrogens with zero attached hydrogens (tertiary/aromatic N) is 1. The van der Waals surface area contributed by atoms with Gasteiger partial charge in [-0.15, -0.1) is 0 Å². The van der Waals surface area contributed by atoms with Gasteiger partial charge in [-0.05, 0) is 39.3 Å². The van der Waals surface area contributed by atoms with Gasteiger partial charge in [0.15, 0.2) is 0 Å². The Morgan fingerprint density at radius 1 is 1.69 bits per heavy atom. The van der Waals surface area contributed by atoms with Crippen LogP contribution in [0.2, 0.25) is 0 Å². The Kier molecular flexibility index (Phi) is 5.18. The smallest absolute Gasteiger partial charge is 0.247 e. The van der Waals surface area contributed by atoms with E-state index >= 15 is 0 Å². The first-order valence-electron chi connectivity index (χ1n) is 5.90. The van der Waals surface area contributed by atoms with Gasteiger partial charge in [0.25, 0.3) is 0 Å². The third kappa shape index (κ3) is 4.08. The molecular weight excluding hydrogens is 206 g/mol. The first-order chi connectivity index (χ1) is 7.50. The highest BCUT2D eigenvalue weighted by atomic mass is 16.3. The number of rotatable bonds is 5. The van der Waals surface area contributed by atoms with Crippen LogP contribution in [-0.4, -0.2) is 54.7 Å². The van der Waals surface area contributed by atoms with E-state index in [1.165, 1.54) is 12.8 Å². The minimum atomic E-state index is -1.08. The monoisotopic (exact) mass is 229 g/mol. The molecule has 3 atom stereocenters. The van der Waals surface area contributed by atoms with Crippen molar-refractivity contribution >= 4 is 5.91 Å². The summed E-state index contributed by atoms with van der Waals surface area (Å²) in [4.78, 5) is 13.0. The second-order valence-electron chi connectivity index (χ2n) is 4.78. The van der Waals surface area contributed by atoms with Crippen molar-refractivity contribution < 1.29 is 9.90 Å². The van der Waals surface area contributed by atoms with Crippen LogP contribution in [0, 0.1) is 5.92 Å². The van der Waals surface area contributed by atoms with Crippen molar-refractivity contribution in [2.75, 3.05) is 26.7 Å². The number of hydrogen-bond acceptors (Lipinski definition) is 4. The summed E-state index contributed by atoms with van der Waals surface area (Å²) in [5.74, 6) is -0.0840. The Morgan fingerprint density at radius 3 is 2.94 bits per heavy atom. The zero-order chi connectivity index (χ0) is 12.1. The number of amides is 1. The molecule has 1 aliphatic rings. The average Bonchev–Trinajstić information content (AvgIpc) is 2.25. The van der Waals surface area contributed by atoms with Gasteiger partial charge in [0.05, 0.1) is 0 Å². The lowest BCUT2D eigenvalue weighted by Crippen LogP contribution is -2.47. The molecule has 1 aliphatic heterocycles. The predicted molar refractivity (Wildman–Crippen MR) is 62.9 cm³/mol. The average molecular weight is 229 g/mol. The fraction of sp³-hybridized carbons (Fsp3) is 0.909. The summed E-state index contributed by atoms with van der Waals surface area (Å²) in [6.07, 6.45) is 1.33. The van der Waals surface area contributed by atoms with Crippen LogP contribution in [0.15, 0.2) is 0 Å². The fourth-order valence-electron chi connectivity index (χ4n) is 2.18. The molecule has 5 heteroatoms. The largest absolute Gasteiger partial charge is 0.382 e. The second kappa shape index (κ2) is 6.18. The van der Waals surface area contributed by atoms with Gasteiger partial charge in [-0.2, -0.15) is 0 Å². The van der Waals surface area contributed by atoms with Crippen molar-refractivity contribution in [2.45, 2.75) is 31.9 Å². The van der Waals surface area contributed by atoms with Crippen molar-refractivity contribution in [1.29, 1.82) is 0 Å². The summed E-state index contributed by atoms with van der Waals surface area (Å²) < 4.78 is 0. The lowest BCUT2D eigenvalue weighted by atomic mass is 9.92. The van der Waals surface area contributed by atoms with Crippen LogP contribution in [0.1, 0.15) is 19.8 Å². The van der Waals surface area contributed by atoms with Gasteiger partial charge in [0.2, 0.25) is 5.91 Å². The maximum atomic E-state index is 10.7. The number of aliphatic hydroxyl groups excluding tert-OH is 1. The van der Waals surface area contributed by atoms with E-state index in [1.54, 1.807) is 0 Å². The number of hydrogen-bond donors (Lipinski definition) is 3. The molecule has 1 rings (SSSR count). The minimum Gasteiger partial charge on any atom is -0.382 e. The number of piperidine rings is 1. The molecule has 1 heterocycles. The van der Waals surface area contributed by atoms with Crippen molar-refractivity contribution in [3.63, 3.8) is 0 Å². The number of primary amides is 1. The van der Waals surface area contributed by atoms with Gasteiger partial charge >= 0.3 is 0 Å². The molecule has 1 saturated heterocycles. The molecule has 16 heavy (non-hydrogen) atoms. The highest BCUT2D eigenvalue weighted by Gasteiger charge is 2.23. The number of likely N-dealkylation sites (tertiary alicyclic amines) is 1. The quantitative estimate of drug-likeness (QED) is 0.574. The van der Waals surface area contributed by atoms with Crippen LogP contribution in [0.5, 0.6) is 0 Å². The first kappa shape index (κ1) is 13.4. The Labute approximate surface area is 97.0 Å². The third-order valence-corrected chi connectivity index (χ3v) is 3.33. The van der Waals surface area contributed by atoms with Gasteiger partial charge < -0.3 is 21.1 Å². The lowest BCUT2D eigenvalue weighted by molar-refractivity contribution is -0.125. The zero-order valence-electron chi connectivity index (χ0n) is 10.1. The van der Waals surface area contributed by atoms with Crippen LogP contribution in [0.4, 0.5) is 0 Å². The molecule has 3 unspecified atom stereocenters. The number of nitrogens with one attached hydrogen (secondary N) is 1. The van der Waals surface area contributed by atoms with Crippen molar-refractivity contribution in [3.8, 4) is 0 Å². The minimum absolute atomic E-state index is 0.247. The van der Waals surface area contributed by atoms with E-state index in [1.807, 2.05) is 0 Å². The molecule has 0 radical (unpaired) electrons. The molecule has 1 amide bonds. The molecule has 4 N–H and O–H groups in total. The Morgan fingerprint density at radius 2 is 2.38 bits per heavy atom. The first-order valence-corrected chi connectivity index (χ1v) is 5.90. The van der Waals surface area contributed by atoms with Gasteiger partial charge in [0.1, 0.15) is 6.10 Å². The maximum absolute atomic E-state index is 10.7. The van der Waals surface area contributed by atoms with Crippen LogP contribution >= 0.6 is 0 Å². The second-order valence-corrected chi connectivity index (χ2v) is 4.78. The molecule has 0 aliphatic carbocycles. The molecule has 0 aromatic heterocycles. The number of carbonyl (C=O) groups is 1. The summed E-state index contributed by atoms with van der Waals surface area (Å²) in [6, 6.07) is 0.303. The summed E-state index contributed by atoms with van der Waals surface area (Å²) in [7, 11) is 2.12. The van der Waals surface area contributed by atoms with E-state index in [2.05, 4.69) is 24.2 Å². The molecule has 0 aromatic carbocycles. The molecule has 94 valence electrons. The number of aliphatic hydroxyl groups is 1. The van der Waals surface area contributed by atoms with Gasteiger partial charge in [-0.3, -0.25) is 4.79 Å². The SMILES string of the molecule is CC(NCC(O)C(N)=O)C1CCCN(C)C1. The summed E-state index contributed by atoms with van der Waals surface area (Å²) in [6.45, 7) is 4.57. The number of nitrogens with two attached hydrogens (primary N) is 1. The van der Waals surface area contributed by atoms with Crippen LogP contribution in [-0.2, 0) is 4.79 Å². The normalized spacial score (nSPS) is 26.3. The predicted octanol–water partition coefficient (Wildman–Crippen LogP) is -0.847. The van der Waals surface area contributed by atoms with Crippen molar-refractivity contribution in [3.05, 3.63) is 0 Å². The van der Waals surface area contributed by atoms with Gasteiger partial charge in [-0.25, -0.2) is 0 Å². The van der Waals surface area contributed by atoms with Crippen LogP contribution in [0.25, 0.3) is 0 Å². The van der Waals surface area contributed by atoms with E-state index in [4.69, 9.17) is 5.73 Å². The third-order valence-electron chi connectivity index (χ3n) is 3.33. The summed E-state index contributed by atoms with van der Waals surface area (Å²) >= 11 is 0. The van der Waals surface area contributed by atoms with Crippen LogP contribution < -0.4 is 11.1 Å². The van der Waals surface area contributed by atoms with Crippen LogP contribution in [0.3, 0.4) is 0 Å². The molecule has 0 aromatic rings. The van der Waals surface area contributed by atoms with Gasteiger partial charge in [-0.1, -0.05) is 0 Å². The van der Waals surface area contributed by atoms with E-state index in [0.717, 1.165) is 13.1 Å². The summed E-state index contributed by atoms with van der Waals surface area (Å²) in [5, 5.41) is 12.5. The molecule has 0 bridgehead atoms. The fourth-order valence-corrected chi connectivity index (χ4v) is 2.18. The van der Waals surface area contributed by atoms with Crippen molar-refractivity contribution in [2.24, 2.45) is 11.7 Å². The Bertz CT molecular complexity index is 235. The maximum Gasteiger partial charge on any atom is 0.247 e. The molecule has 1 fully saturated rings. The van der Waals surface area contributed by atoms with E-state index < -0.39 is 12.0 Å². The van der Waals surface area contributed by atoms with E-state index in [0.29, 0.717) is 12.0 Å². The highest BCUT2D eigenvalue weighted by molar-refractivity contribution is 5.78. The Balaban J connectivity index is 2.28. The topological polar surface area (TPSA) is 78.6 Å².